The molecule has 0 aliphatic heterocycles. The van der Waals surface area contributed by atoms with Crippen LogP contribution < -0.4 is 0 Å². The van der Waals surface area contributed by atoms with Crippen molar-refractivity contribution in [2.45, 2.75) is 64.7 Å². The minimum absolute atomic E-state index is 0. The van der Waals surface area contributed by atoms with Crippen LogP contribution in [0.5, 0.6) is 0 Å². The molecule has 18 heavy (non-hydrogen) atoms. The molecule has 0 amide bonds. The molecule has 1 atom stereocenters. The van der Waals surface area contributed by atoms with Gasteiger partial charge in [-0.15, -0.1) is 0 Å². The quantitative estimate of drug-likeness (QED) is 0.786. The summed E-state index contributed by atoms with van der Waals surface area (Å²) in [5.74, 6) is 1.66. The van der Waals surface area contributed by atoms with E-state index in [1.165, 1.54) is 56.2 Å². The molecular formula is C16H25NO. The highest BCUT2D eigenvalue weighted by Crippen LogP contribution is 2.40. The van der Waals surface area contributed by atoms with E-state index in [-0.39, 0.29) is 7.43 Å². The molecule has 0 saturated heterocycles. The van der Waals surface area contributed by atoms with E-state index in [9.17, 15) is 4.79 Å². The highest BCUT2D eigenvalue weighted by molar-refractivity contribution is 5.73. The van der Waals surface area contributed by atoms with Gasteiger partial charge >= 0.3 is 0 Å². The molecule has 0 radical (unpaired) electrons. The predicted octanol–water partition coefficient (Wildman–Crippen LogP) is 4.46. The molecule has 0 bridgehead atoms. The number of hydrogen-bond acceptors (Lipinski definition) is 1. The number of aromatic amines is 1. The summed E-state index contributed by atoms with van der Waals surface area (Å²) in [6.45, 7) is 0. The lowest BCUT2D eigenvalue weighted by atomic mass is 9.81. The molecule has 0 spiro atoms. The third-order valence-corrected chi connectivity index (χ3v) is 4.61. The predicted molar refractivity (Wildman–Crippen MR) is 75.2 cm³/mol. The summed E-state index contributed by atoms with van der Waals surface area (Å²) in [5, 5.41) is 0. The van der Waals surface area contributed by atoms with Gasteiger partial charge in [0.25, 0.3) is 0 Å². The topological polar surface area (TPSA) is 32.9 Å². The first-order valence-electron chi connectivity index (χ1n) is 7.04. The highest BCUT2D eigenvalue weighted by atomic mass is 16.1. The van der Waals surface area contributed by atoms with Crippen LogP contribution in [0.1, 0.15) is 80.0 Å². The average molecular weight is 247 g/mol. The van der Waals surface area contributed by atoms with Gasteiger partial charge in [-0.3, -0.25) is 4.79 Å². The fourth-order valence-corrected chi connectivity index (χ4v) is 3.72. The summed E-state index contributed by atoms with van der Waals surface area (Å²) < 4.78 is 0. The van der Waals surface area contributed by atoms with Crippen molar-refractivity contribution in [2.24, 2.45) is 5.92 Å². The number of aldehydes is 1. The molecule has 1 fully saturated rings. The van der Waals surface area contributed by atoms with Crippen molar-refractivity contribution < 1.29 is 4.79 Å². The van der Waals surface area contributed by atoms with E-state index in [1.807, 2.05) is 0 Å². The Balaban J connectivity index is 0.00000120. The lowest BCUT2D eigenvalue weighted by Gasteiger charge is -2.24. The zero-order chi connectivity index (χ0) is 11.7. The maximum absolute atomic E-state index is 10.8. The lowest BCUT2D eigenvalue weighted by molar-refractivity contribution is 0.111. The van der Waals surface area contributed by atoms with Crippen molar-refractivity contribution in [3.63, 3.8) is 0 Å². The minimum atomic E-state index is 0. The molecule has 1 N–H and O–H groups in total. The number of rotatable bonds is 3. The molecule has 1 heterocycles. The van der Waals surface area contributed by atoms with Crippen molar-refractivity contribution in [3.8, 4) is 0 Å². The van der Waals surface area contributed by atoms with E-state index < -0.39 is 0 Å². The van der Waals surface area contributed by atoms with E-state index in [2.05, 4.69) is 11.1 Å². The van der Waals surface area contributed by atoms with Gasteiger partial charge in [0.1, 0.15) is 0 Å². The number of carbonyl (C=O) groups excluding carboxylic acids is 1. The number of nitrogens with one attached hydrogen (secondary N) is 1. The summed E-state index contributed by atoms with van der Waals surface area (Å²) in [4.78, 5) is 14.0. The minimum Gasteiger partial charge on any atom is -0.356 e. The van der Waals surface area contributed by atoms with Gasteiger partial charge in [-0.2, -0.15) is 0 Å². The molecule has 1 aromatic rings. The van der Waals surface area contributed by atoms with Crippen LogP contribution in [-0.2, 0) is 6.42 Å². The molecule has 0 aromatic carbocycles. The summed E-state index contributed by atoms with van der Waals surface area (Å²) in [5.41, 5.74) is 3.54. The monoisotopic (exact) mass is 247 g/mol. The molecule has 2 aliphatic carbocycles. The summed E-state index contributed by atoms with van der Waals surface area (Å²) >= 11 is 0. The molecule has 2 nitrogen and oxygen atoms in total. The standard InChI is InChI=1S/C15H21NO.CH4/c17-10-13-9-14-12(6-7-15(14)16-13)8-11-4-2-1-3-5-11;/h9-12,16H,1-8H2;1H4. The van der Waals surface area contributed by atoms with E-state index >= 15 is 0 Å². The highest BCUT2D eigenvalue weighted by Gasteiger charge is 2.27. The molecular weight excluding hydrogens is 222 g/mol. The molecule has 2 heteroatoms. The van der Waals surface area contributed by atoms with Crippen LogP contribution in [0.25, 0.3) is 0 Å². The summed E-state index contributed by atoms with van der Waals surface area (Å²) in [6, 6.07) is 2.09. The van der Waals surface area contributed by atoms with E-state index in [1.54, 1.807) is 0 Å². The number of aromatic nitrogens is 1. The van der Waals surface area contributed by atoms with Crippen LogP contribution >= 0.6 is 0 Å². The van der Waals surface area contributed by atoms with Crippen LogP contribution in [0.15, 0.2) is 6.07 Å². The normalized spacial score (nSPS) is 23.4. The Bertz CT molecular complexity index is 401. The molecule has 2 aliphatic rings. The Morgan fingerprint density at radius 1 is 1.22 bits per heavy atom. The van der Waals surface area contributed by atoms with E-state index in [0.717, 1.165) is 30.2 Å². The summed E-state index contributed by atoms with van der Waals surface area (Å²) in [6.07, 6.45) is 11.9. The van der Waals surface area contributed by atoms with Gasteiger partial charge in [-0.1, -0.05) is 39.5 Å². The maximum Gasteiger partial charge on any atom is 0.166 e. The van der Waals surface area contributed by atoms with Gasteiger partial charge in [0, 0.05) is 5.69 Å². The first-order valence-corrected chi connectivity index (χ1v) is 7.04. The van der Waals surface area contributed by atoms with Crippen LogP contribution in [-0.4, -0.2) is 11.3 Å². The third-order valence-electron chi connectivity index (χ3n) is 4.61. The Labute approximate surface area is 110 Å². The van der Waals surface area contributed by atoms with Crippen molar-refractivity contribution in [1.82, 2.24) is 4.98 Å². The second kappa shape index (κ2) is 5.73. The van der Waals surface area contributed by atoms with Crippen LogP contribution in [0.2, 0.25) is 0 Å². The van der Waals surface area contributed by atoms with Crippen molar-refractivity contribution in [2.75, 3.05) is 0 Å². The fraction of sp³-hybridized carbons (Fsp3) is 0.688. The van der Waals surface area contributed by atoms with Gasteiger partial charge in [-0.05, 0) is 42.7 Å². The molecule has 1 saturated carbocycles. The second-order valence-electron chi connectivity index (χ2n) is 5.75. The molecule has 100 valence electrons. The summed E-state index contributed by atoms with van der Waals surface area (Å²) in [7, 11) is 0. The number of H-pyrrole nitrogens is 1. The third kappa shape index (κ3) is 2.52. The average Bonchev–Trinajstić information content (AvgIpc) is 2.92. The van der Waals surface area contributed by atoms with Crippen molar-refractivity contribution >= 4 is 6.29 Å². The number of hydrogen-bond donors (Lipinski definition) is 1. The Hall–Kier alpha value is -1.05. The van der Waals surface area contributed by atoms with Gasteiger partial charge < -0.3 is 4.98 Å². The number of fused-ring (bicyclic) bond motifs is 1. The van der Waals surface area contributed by atoms with Gasteiger partial charge in [0.05, 0.1) is 5.69 Å². The van der Waals surface area contributed by atoms with Crippen molar-refractivity contribution in [3.05, 3.63) is 23.0 Å². The van der Waals surface area contributed by atoms with Gasteiger partial charge in [0.15, 0.2) is 6.29 Å². The second-order valence-corrected chi connectivity index (χ2v) is 5.75. The van der Waals surface area contributed by atoms with Crippen LogP contribution in [0.3, 0.4) is 0 Å². The zero-order valence-corrected chi connectivity index (χ0v) is 10.4. The van der Waals surface area contributed by atoms with E-state index in [4.69, 9.17) is 0 Å². The Kier molecular flexibility index (Phi) is 4.26. The number of aryl methyl sites for hydroxylation is 1. The first kappa shape index (κ1) is 13.4. The fourth-order valence-electron chi connectivity index (χ4n) is 3.72. The van der Waals surface area contributed by atoms with Crippen LogP contribution in [0, 0.1) is 5.92 Å². The molecule has 3 rings (SSSR count). The first-order chi connectivity index (χ1) is 8.36. The van der Waals surface area contributed by atoms with Crippen LogP contribution in [0.4, 0.5) is 0 Å². The maximum atomic E-state index is 10.8. The lowest BCUT2D eigenvalue weighted by Crippen LogP contribution is -2.09. The Morgan fingerprint density at radius 2 is 2.00 bits per heavy atom. The molecule has 1 unspecified atom stereocenters. The zero-order valence-electron chi connectivity index (χ0n) is 10.4. The smallest absolute Gasteiger partial charge is 0.166 e. The molecule has 1 aromatic heterocycles. The number of carbonyl (C=O) groups is 1. The van der Waals surface area contributed by atoms with Crippen molar-refractivity contribution in [1.29, 1.82) is 0 Å². The SMILES string of the molecule is C.O=Cc1cc2c([nH]1)CCC2CC1CCCCC1. The largest absolute Gasteiger partial charge is 0.356 e. The Morgan fingerprint density at radius 3 is 2.72 bits per heavy atom. The van der Waals surface area contributed by atoms with Gasteiger partial charge in [0.2, 0.25) is 0 Å². The van der Waals surface area contributed by atoms with E-state index in [0.29, 0.717) is 0 Å². The van der Waals surface area contributed by atoms with Gasteiger partial charge in [-0.25, -0.2) is 0 Å².